The molecule has 1 aromatic carbocycles. The Morgan fingerprint density at radius 3 is 2.29 bits per heavy atom. The molecule has 0 aliphatic heterocycles. The van der Waals surface area contributed by atoms with Crippen LogP contribution in [0.1, 0.15) is 29.8 Å². The SMILES string of the molecule is COC(=O)c1ccc(/C=N\NC(=O)C(=O)NC(C)C)cc1. The van der Waals surface area contributed by atoms with Crippen molar-refractivity contribution in [3.8, 4) is 0 Å². The number of esters is 1. The first kappa shape index (κ1) is 16.4. The molecule has 0 saturated carbocycles. The molecule has 0 aliphatic carbocycles. The molecular formula is C14H17N3O4. The summed E-state index contributed by atoms with van der Waals surface area (Å²) in [5.74, 6) is -2.02. The number of nitrogens with one attached hydrogen (secondary N) is 2. The van der Waals surface area contributed by atoms with Crippen LogP contribution in [0.4, 0.5) is 0 Å². The zero-order valence-corrected chi connectivity index (χ0v) is 12.0. The third kappa shape index (κ3) is 5.43. The second-order valence-electron chi connectivity index (χ2n) is 4.44. The van der Waals surface area contributed by atoms with Gasteiger partial charge in [-0.1, -0.05) is 12.1 Å². The van der Waals surface area contributed by atoms with Crippen LogP contribution in [0.5, 0.6) is 0 Å². The van der Waals surface area contributed by atoms with Crippen molar-refractivity contribution in [1.29, 1.82) is 0 Å². The fourth-order valence-corrected chi connectivity index (χ4v) is 1.37. The van der Waals surface area contributed by atoms with Crippen LogP contribution in [0.3, 0.4) is 0 Å². The van der Waals surface area contributed by atoms with Crippen molar-refractivity contribution in [2.45, 2.75) is 19.9 Å². The molecule has 0 aromatic heterocycles. The molecule has 2 amide bonds. The molecule has 21 heavy (non-hydrogen) atoms. The second kappa shape index (κ2) is 7.78. The summed E-state index contributed by atoms with van der Waals surface area (Å²) >= 11 is 0. The van der Waals surface area contributed by atoms with Crippen LogP contribution in [0.15, 0.2) is 29.4 Å². The lowest BCUT2D eigenvalue weighted by atomic mass is 10.1. The van der Waals surface area contributed by atoms with Crippen molar-refractivity contribution in [3.05, 3.63) is 35.4 Å². The van der Waals surface area contributed by atoms with Crippen LogP contribution in [-0.2, 0) is 14.3 Å². The van der Waals surface area contributed by atoms with E-state index < -0.39 is 17.8 Å². The first-order valence-electron chi connectivity index (χ1n) is 6.26. The van der Waals surface area contributed by atoms with Gasteiger partial charge >= 0.3 is 17.8 Å². The molecule has 112 valence electrons. The summed E-state index contributed by atoms with van der Waals surface area (Å²) in [7, 11) is 1.30. The van der Waals surface area contributed by atoms with Crippen LogP contribution in [0.2, 0.25) is 0 Å². The maximum absolute atomic E-state index is 11.4. The first-order valence-corrected chi connectivity index (χ1v) is 6.26. The fraction of sp³-hybridized carbons (Fsp3) is 0.286. The van der Waals surface area contributed by atoms with Gasteiger partial charge in [0.15, 0.2) is 0 Å². The van der Waals surface area contributed by atoms with Crippen LogP contribution in [0.25, 0.3) is 0 Å². The minimum Gasteiger partial charge on any atom is -0.465 e. The van der Waals surface area contributed by atoms with E-state index in [1.165, 1.54) is 13.3 Å². The van der Waals surface area contributed by atoms with Gasteiger partial charge < -0.3 is 10.1 Å². The summed E-state index contributed by atoms with van der Waals surface area (Å²) in [6.45, 7) is 3.49. The van der Waals surface area contributed by atoms with Gasteiger partial charge in [-0.05, 0) is 31.5 Å². The van der Waals surface area contributed by atoms with Crippen LogP contribution in [-0.4, -0.2) is 37.1 Å². The molecule has 2 N–H and O–H groups in total. The number of nitrogens with zero attached hydrogens (tertiary/aromatic N) is 1. The minimum absolute atomic E-state index is 0.127. The van der Waals surface area contributed by atoms with Gasteiger partial charge in [0, 0.05) is 6.04 Å². The normalized spacial score (nSPS) is 10.5. The Kier molecular flexibility index (Phi) is 6.06. The topological polar surface area (TPSA) is 96.9 Å². The molecule has 0 aliphatic rings. The molecule has 0 radical (unpaired) electrons. The Labute approximate surface area is 122 Å². The number of hydrazone groups is 1. The molecule has 0 atom stereocenters. The lowest BCUT2D eigenvalue weighted by Gasteiger charge is -2.06. The van der Waals surface area contributed by atoms with Gasteiger partial charge in [0.25, 0.3) is 0 Å². The summed E-state index contributed by atoms with van der Waals surface area (Å²) in [5.41, 5.74) is 3.18. The van der Waals surface area contributed by atoms with E-state index in [1.54, 1.807) is 38.1 Å². The molecular weight excluding hydrogens is 274 g/mol. The highest BCUT2D eigenvalue weighted by molar-refractivity contribution is 6.35. The minimum atomic E-state index is -0.842. The largest absolute Gasteiger partial charge is 0.465 e. The van der Waals surface area contributed by atoms with Crippen molar-refractivity contribution in [2.24, 2.45) is 5.10 Å². The van der Waals surface area contributed by atoms with E-state index in [9.17, 15) is 14.4 Å². The summed E-state index contributed by atoms with van der Waals surface area (Å²) in [5, 5.41) is 6.10. The lowest BCUT2D eigenvalue weighted by Crippen LogP contribution is -2.41. The van der Waals surface area contributed by atoms with E-state index in [2.05, 4.69) is 20.6 Å². The number of carbonyl (C=O) groups is 3. The molecule has 0 fully saturated rings. The van der Waals surface area contributed by atoms with Crippen molar-refractivity contribution < 1.29 is 19.1 Å². The molecule has 0 heterocycles. The van der Waals surface area contributed by atoms with E-state index in [1.807, 2.05) is 0 Å². The Morgan fingerprint density at radius 2 is 1.76 bits per heavy atom. The van der Waals surface area contributed by atoms with Gasteiger partial charge in [-0.2, -0.15) is 5.10 Å². The highest BCUT2D eigenvalue weighted by Gasteiger charge is 2.12. The van der Waals surface area contributed by atoms with Gasteiger partial charge in [0.05, 0.1) is 18.9 Å². The number of hydrogen-bond acceptors (Lipinski definition) is 5. The molecule has 0 spiro atoms. The first-order chi connectivity index (χ1) is 9.93. The summed E-state index contributed by atoms with van der Waals surface area (Å²) < 4.78 is 4.57. The highest BCUT2D eigenvalue weighted by atomic mass is 16.5. The van der Waals surface area contributed by atoms with Gasteiger partial charge in [-0.15, -0.1) is 0 Å². The Bertz CT molecular complexity index is 550. The molecule has 0 bridgehead atoms. The summed E-state index contributed by atoms with van der Waals surface area (Å²) in [4.78, 5) is 33.9. The van der Waals surface area contributed by atoms with E-state index in [-0.39, 0.29) is 6.04 Å². The van der Waals surface area contributed by atoms with Gasteiger partial charge in [-0.25, -0.2) is 10.2 Å². The molecule has 1 aromatic rings. The van der Waals surface area contributed by atoms with Crippen molar-refractivity contribution in [2.75, 3.05) is 7.11 Å². The Hall–Kier alpha value is -2.70. The van der Waals surface area contributed by atoms with Crippen molar-refractivity contribution in [3.63, 3.8) is 0 Å². The maximum atomic E-state index is 11.4. The average molecular weight is 291 g/mol. The van der Waals surface area contributed by atoms with Crippen molar-refractivity contribution in [1.82, 2.24) is 10.7 Å². The van der Waals surface area contributed by atoms with Crippen LogP contribution < -0.4 is 10.7 Å². The number of methoxy groups -OCH3 is 1. The number of carbonyl (C=O) groups excluding carboxylic acids is 3. The highest BCUT2D eigenvalue weighted by Crippen LogP contribution is 2.03. The molecule has 7 heteroatoms. The van der Waals surface area contributed by atoms with Gasteiger partial charge in [0.2, 0.25) is 0 Å². The quantitative estimate of drug-likeness (QED) is 0.364. The Morgan fingerprint density at radius 1 is 1.14 bits per heavy atom. The van der Waals surface area contributed by atoms with Crippen LogP contribution in [0, 0.1) is 0 Å². The van der Waals surface area contributed by atoms with Gasteiger partial charge in [-0.3, -0.25) is 9.59 Å². The van der Waals surface area contributed by atoms with Crippen LogP contribution >= 0.6 is 0 Å². The van der Waals surface area contributed by atoms with E-state index in [0.29, 0.717) is 11.1 Å². The zero-order valence-electron chi connectivity index (χ0n) is 12.0. The number of ether oxygens (including phenoxy) is 1. The fourth-order valence-electron chi connectivity index (χ4n) is 1.37. The summed E-state index contributed by atoms with van der Waals surface area (Å²) in [6, 6.07) is 6.28. The zero-order chi connectivity index (χ0) is 15.8. The predicted molar refractivity (Wildman–Crippen MR) is 76.8 cm³/mol. The van der Waals surface area contributed by atoms with E-state index in [4.69, 9.17) is 0 Å². The predicted octanol–water partition coefficient (Wildman–Crippen LogP) is 0.448. The smallest absolute Gasteiger partial charge is 0.337 e. The number of rotatable bonds is 4. The van der Waals surface area contributed by atoms with E-state index in [0.717, 1.165) is 0 Å². The standard InChI is InChI=1S/C14H17N3O4/c1-9(2)16-12(18)13(19)17-15-8-10-4-6-11(7-5-10)14(20)21-3/h4-9H,1-3H3,(H,16,18)(H,17,19)/b15-8-. The third-order valence-electron chi connectivity index (χ3n) is 2.34. The molecule has 1 rings (SSSR count). The molecule has 7 nitrogen and oxygen atoms in total. The summed E-state index contributed by atoms with van der Waals surface area (Å²) in [6.07, 6.45) is 1.36. The second-order valence-corrected chi connectivity index (χ2v) is 4.44. The number of amides is 2. The number of hydrogen-bond donors (Lipinski definition) is 2. The monoisotopic (exact) mass is 291 g/mol. The Balaban J connectivity index is 2.55. The lowest BCUT2D eigenvalue weighted by molar-refractivity contribution is -0.139. The maximum Gasteiger partial charge on any atom is 0.337 e. The third-order valence-corrected chi connectivity index (χ3v) is 2.34. The molecule has 0 saturated heterocycles. The van der Waals surface area contributed by atoms with Gasteiger partial charge in [0.1, 0.15) is 0 Å². The van der Waals surface area contributed by atoms with Crippen molar-refractivity contribution >= 4 is 24.0 Å². The average Bonchev–Trinajstić information content (AvgIpc) is 2.46. The van der Waals surface area contributed by atoms with E-state index >= 15 is 0 Å². The molecule has 0 unspecified atom stereocenters. The number of benzene rings is 1.